The minimum absolute atomic E-state index is 0.270. The number of aromatic nitrogens is 2. The van der Waals surface area contributed by atoms with Gasteiger partial charge in [0.1, 0.15) is 12.6 Å². The molecule has 9 heteroatoms. The fourth-order valence-electron chi connectivity index (χ4n) is 1.42. The van der Waals surface area contributed by atoms with Gasteiger partial charge in [0.05, 0.1) is 17.4 Å². The second-order valence-corrected chi connectivity index (χ2v) is 4.26. The van der Waals surface area contributed by atoms with Crippen molar-refractivity contribution >= 4 is 17.7 Å². The summed E-state index contributed by atoms with van der Waals surface area (Å²) in [6, 6.07) is 0.155. The van der Waals surface area contributed by atoms with Gasteiger partial charge in [-0.1, -0.05) is 13.8 Å². The Bertz CT molecular complexity index is 496. The number of carbonyl (C=O) groups excluding carboxylic acids is 1. The van der Waals surface area contributed by atoms with Crippen LogP contribution in [0.25, 0.3) is 0 Å². The van der Waals surface area contributed by atoms with Gasteiger partial charge in [0.15, 0.2) is 0 Å². The summed E-state index contributed by atoms with van der Waals surface area (Å²) in [7, 11) is 0. The van der Waals surface area contributed by atoms with Crippen LogP contribution >= 0.6 is 0 Å². The van der Waals surface area contributed by atoms with Crippen LogP contribution < -0.4 is 5.32 Å². The predicted molar refractivity (Wildman–Crippen MR) is 63.3 cm³/mol. The van der Waals surface area contributed by atoms with Crippen LogP contribution in [0.3, 0.4) is 0 Å². The van der Waals surface area contributed by atoms with Crippen molar-refractivity contribution in [1.82, 2.24) is 15.1 Å². The van der Waals surface area contributed by atoms with Gasteiger partial charge in [0, 0.05) is 0 Å². The highest BCUT2D eigenvalue weighted by Crippen LogP contribution is 2.05. The molecule has 0 aliphatic carbocycles. The average Bonchev–Trinajstić information content (AvgIpc) is 2.73. The number of amides is 1. The largest absolute Gasteiger partial charge is 0.480 e. The summed E-state index contributed by atoms with van der Waals surface area (Å²) in [5.74, 6) is -2.34. The molecule has 0 radical (unpaired) electrons. The minimum atomic E-state index is -1.13. The first-order valence-corrected chi connectivity index (χ1v) is 5.51. The third-order valence-corrected chi connectivity index (χ3v) is 2.37. The lowest BCUT2D eigenvalue weighted by Crippen LogP contribution is -2.45. The Morgan fingerprint density at radius 3 is 2.63 bits per heavy atom. The molecule has 0 spiro atoms. The maximum atomic E-state index is 11.6. The Kier molecular flexibility index (Phi) is 4.56. The first-order chi connectivity index (χ1) is 8.81. The Morgan fingerprint density at radius 1 is 1.58 bits per heavy atom. The smallest absolute Gasteiger partial charge is 0.389 e. The predicted octanol–water partition coefficient (Wildman–Crippen LogP) is 0.0167. The maximum Gasteiger partial charge on any atom is 0.389 e. The van der Waals surface area contributed by atoms with Crippen LogP contribution in [-0.4, -0.2) is 37.7 Å². The third-order valence-electron chi connectivity index (χ3n) is 2.37. The van der Waals surface area contributed by atoms with Crippen LogP contribution in [0.5, 0.6) is 0 Å². The van der Waals surface area contributed by atoms with Gasteiger partial charge in [-0.3, -0.25) is 4.79 Å². The van der Waals surface area contributed by atoms with Crippen LogP contribution in [0.15, 0.2) is 12.3 Å². The van der Waals surface area contributed by atoms with Crippen molar-refractivity contribution < 1.29 is 19.6 Å². The number of hydrogen-bond acceptors (Lipinski definition) is 5. The van der Waals surface area contributed by atoms with E-state index in [2.05, 4.69) is 10.4 Å². The van der Waals surface area contributed by atoms with Crippen molar-refractivity contribution in [3.63, 3.8) is 0 Å². The van der Waals surface area contributed by atoms with Gasteiger partial charge in [0.2, 0.25) is 5.91 Å². The molecule has 19 heavy (non-hydrogen) atoms. The molecule has 0 fully saturated rings. The highest BCUT2D eigenvalue weighted by molar-refractivity contribution is 5.83. The Morgan fingerprint density at radius 2 is 2.21 bits per heavy atom. The monoisotopic (exact) mass is 270 g/mol. The standard InChI is InChI=1S/C10H14N4O5/c1-6(2)9(10(16)17)11-8(15)5-13-4-3-7(12-13)14(18)19/h3-4,6,9H,5H2,1-2H3,(H,11,15)(H,16,17). The molecule has 1 aromatic rings. The van der Waals surface area contributed by atoms with Gasteiger partial charge in [-0.15, -0.1) is 0 Å². The Hall–Kier alpha value is -2.45. The minimum Gasteiger partial charge on any atom is -0.480 e. The lowest BCUT2D eigenvalue weighted by Gasteiger charge is -2.17. The van der Waals surface area contributed by atoms with E-state index in [1.807, 2.05) is 0 Å². The van der Waals surface area contributed by atoms with Crippen LogP contribution in [0.2, 0.25) is 0 Å². The van der Waals surface area contributed by atoms with E-state index in [0.717, 1.165) is 10.7 Å². The second-order valence-electron chi connectivity index (χ2n) is 4.26. The lowest BCUT2D eigenvalue weighted by atomic mass is 10.1. The third kappa shape index (κ3) is 4.05. The number of carbonyl (C=O) groups is 2. The zero-order valence-electron chi connectivity index (χ0n) is 10.4. The van der Waals surface area contributed by atoms with Crippen molar-refractivity contribution in [2.45, 2.75) is 26.4 Å². The summed E-state index contributed by atoms with van der Waals surface area (Å²) in [6.07, 6.45) is 1.28. The molecule has 1 amide bonds. The SMILES string of the molecule is CC(C)C(NC(=O)Cn1ccc([N+](=O)[O-])n1)C(=O)O. The number of nitrogens with one attached hydrogen (secondary N) is 1. The van der Waals surface area contributed by atoms with E-state index in [0.29, 0.717) is 0 Å². The average molecular weight is 270 g/mol. The number of aliphatic carboxylic acids is 1. The molecule has 0 aliphatic rings. The molecule has 0 saturated carbocycles. The van der Waals surface area contributed by atoms with Gasteiger partial charge >= 0.3 is 11.8 Å². The van der Waals surface area contributed by atoms with Gasteiger partial charge in [-0.25, -0.2) is 4.79 Å². The highest BCUT2D eigenvalue weighted by atomic mass is 16.6. The number of nitro groups is 1. The van der Waals surface area contributed by atoms with E-state index in [4.69, 9.17) is 5.11 Å². The fourth-order valence-corrected chi connectivity index (χ4v) is 1.42. The molecule has 1 atom stereocenters. The van der Waals surface area contributed by atoms with E-state index < -0.39 is 22.8 Å². The van der Waals surface area contributed by atoms with E-state index in [-0.39, 0.29) is 18.3 Å². The molecule has 2 N–H and O–H groups in total. The summed E-state index contributed by atoms with van der Waals surface area (Å²) in [4.78, 5) is 32.2. The Labute approximate surface area is 108 Å². The second kappa shape index (κ2) is 5.94. The summed E-state index contributed by atoms with van der Waals surface area (Å²) in [6.45, 7) is 3.06. The molecule has 0 aromatic carbocycles. The van der Waals surface area contributed by atoms with Crippen LogP contribution in [-0.2, 0) is 16.1 Å². The van der Waals surface area contributed by atoms with Crippen LogP contribution in [0.4, 0.5) is 5.82 Å². The van der Waals surface area contributed by atoms with Crippen LogP contribution in [0.1, 0.15) is 13.8 Å². The van der Waals surface area contributed by atoms with Gasteiger partial charge < -0.3 is 20.5 Å². The van der Waals surface area contributed by atoms with E-state index in [9.17, 15) is 19.7 Å². The summed E-state index contributed by atoms with van der Waals surface area (Å²) in [5.41, 5.74) is 0. The Balaban J connectivity index is 2.63. The summed E-state index contributed by atoms with van der Waals surface area (Å²) in [5, 5.41) is 25.2. The first-order valence-electron chi connectivity index (χ1n) is 5.51. The van der Waals surface area contributed by atoms with Crippen molar-refractivity contribution in [2.75, 3.05) is 0 Å². The highest BCUT2D eigenvalue weighted by Gasteiger charge is 2.24. The molecule has 0 saturated heterocycles. The van der Waals surface area contributed by atoms with E-state index in [1.165, 1.54) is 6.20 Å². The van der Waals surface area contributed by atoms with Crippen molar-refractivity contribution in [3.8, 4) is 0 Å². The molecule has 1 aromatic heterocycles. The van der Waals surface area contributed by atoms with E-state index in [1.54, 1.807) is 13.8 Å². The normalized spacial score (nSPS) is 12.2. The first kappa shape index (κ1) is 14.6. The number of carboxylic acid groups (broad SMARTS) is 1. The van der Waals surface area contributed by atoms with Gasteiger partial charge in [0.25, 0.3) is 0 Å². The van der Waals surface area contributed by atoms with Crippen molar-refractivity contribution in [3.05, 3.63) is 22.4 Å². The quantitative estimate of drug-likeness (QED) is 0.554. The molecule has 1 heterocycles. The van der Waals surface area contributed by atoms with E-state index >= 15 is 0 Å². The molecule has 1 unspecified atom stereocenters. The molecule has 104 valence electrons. The number of nitrogens with zero attached hydrogens (tertiary/aromatic N) is 3. The molecular formula is C10H14N4O5. The zero-order chi connectivity index (χ0) is 14.6. The number of hydrogen-bond donors (Lipinski definition) is 2. The molecule has 0 bridgehead atoms. The molecule has 9 nitrogen and oxygen atoms in total. The number of carboxylic acids is 1. The van der Waals surface area contributed by atoms with Gasteiger partial charge in [-0.05, 0) is 10.8 Å². The summed E-state index contributed by atoms with van der Waals surface area (Å²) < 4.78 is 1.08. The molecule has 0 aliphatic heterocycles. The zero-order valence-corrected chi connectivity index (χ0v) is 10.4. The number of rotatable bonds is 6. The lowest BCUT2D eigenvalue weighted by molar-refractivity contribution is -0.389. The van der Waals surface area contributed by atoms with Crippen LogP contribution in [0, 0.1) is 16.0 Å². The molecular weight excluding hydrogens is 256 g/mol. The fraction of sp³-hybridized carbons (Fsp3) is 0.500. The summed E-state index contributed by atoms with van der Waals surface area (Å²) >= 11 is 0. The topological polar surface area (TPSA) is 127 Å². The van der Waals surface area contributed by atoms with Crippen molar-refractivity contribution in [1.29, 1.82) is 0 Å². The maximum absolute atomic E-state index is 11.6. The van der Waals surface area contributed by atoms with Gasteiger partial charge in [-0.2, -0.15) is 4.68 Å². The molecule has 1 rings (SSSR count). The van der Waals surface area contributed by atoms with Crippen molar-refractivity contribution in [2.24, 2.45) is 5.92 Å².